The van der Waals surface area contributed by atoms with Gasteiger partial charge >= 0.3 is 6.09 Å². The van der Waals surface area contributed by atoms with Gasteiger partial charge in [-0.3, -0.25) is 14.4 Å². The molecule has 4 aliphatic rings. The quantitative estimate of drug-likeness (QED) is 0.341. The molecule has 54 heavy (non-hydrogen) atoms. The summed E-state index contributed by atoms with van der Waals surface area (Å²) < 4.78 is 77.8. The van der Waals surface area contributed by atoms with Gasteiger partial charge in [0.1, 0.15) is 35.1 Å². The van der Waals surface area contributed by atoms with Gasteiger partial charge in [0, 0.05) is 24.3 Å². The van der Waals surface area contributed by atoms with E-state index in [1.807, 2.05) is 0 Å². The van der Waals surface area contributed by atoms with Crippen LogP contribution in [0, 0.1) is 23.2 Å². The minimum atomic E-state index is -3.50. The van der Waals surface area contributed by atoms with Crippen LogP contribution in [0.25, 0.3) is 11.0 Å². The van der Waals surface area contributed by atoms with E-state index in [9.17, 15) is 28.0 Å². The SMILES string of the molecule is CC[C@@H]1[C@@H]2CN(C(=O)[C@H](C(C)(C)C)NC(=O)O[C@@]3(C)C[C@@H]3CCCCC(F)(F)c3nc4ccc(OC)cc4nc3O2)[C@@H]1C(=O)N[C@]1(C(C)=O)C[C@H]1C(F)F. The lowest BCUT2D eigenvalue weighted by Crippen LogP contribution is -2.60. The summed E-state index contributed by atoms with van der Waals surface area (Å²) in [4.78, 5) is 65.1. The number of ether oxygens (including phenoxy) is 3. The maximum absolute atomic E-state index is 16.3. The van der Waals surface area contributed by atoms with Crippen molar-refractivity contribution in [2.75, 3.05) is 13.7 Å². The Balaban J connectivity index is 1.46. The zero-order valence-corrected chi connectivity index (χ0v) is 31.6. The largest absolute Gasteiger partial charge is 0.497 e. The van der Waals surface area contributed by atoms with Gasteiger partial charge in [0.15, 0.2) is 11.5 Å². The first-order chi connectivity index (χ1) is 25.2. The molecule has 0 radical (unpaired) electrons. The van der Waals surface area contributed by atoms with Crippen LogP contribution in [0.3, 0.4) is 0 Å². The maximum atomic E-state index is 16.3. The molecule has 1 aromatic heterocycles. The Morgan fingerprint density at radius 3 is 2.46 bits per heavy atom. The predicted molar refractivity (Wildman–Crippen MR) is 187 cm³/mol. The number of hydrogen-bond acceptors (Lipinski definition) is 9. The van der Waals surface area contributed by atoms with Crippen LogP contribution < -0.4 is 20.1 Å². The van der Waals surface area contributed by atoms with Crippen molar-refractivity contribution >= 4 is 34.7 Å². The molecular weight excluding hydrogens is 714 g/mol. The third kappa shape index (κ3) is 7.40. The van der Waals surface area contributed by atoms with E-state index in [1.54, 1.807) is 40.7 Å². The highest BCUT2D eigenvalue weighted by atomic mass is 19.3. The fourth-order valence-electron chi connectivity index (χ4n) is 8.17. The second-order valence-electron chi connectivity index (χ2n) is 16.6. The molecule has 296 valence electrons. The molecule has 6 rings (SSSR count). The molecule has 2 N–H and O–H groups in total. The number of hydrogen-bond donors (Lipinski definition) is 2. The number of methoxy groups -OCH3 is 1. The standard InChI is InChI=1S/C38H49F4N5O7/c1-8-22-26-18-47(27(22)31(49)46-37(19(2)48)17-23(37)30(39)40)33(50)29(35(3,4)5)45-34(51)54-36(6)16-20(36)11-9-10-14-38(41,42)28-32(53-26)44-25-15-21(52-7)12-13-24(25)43-28/h12-13,15,20,22-23,26-27,29-30H,8-11,14,16-18H2,1-7H3,(H,45,51)(H,46,49)/t20-,22+,23-,26-,27-,29+,36-,37-/m0/s1. The average molecular weight is 764 g/mol. The lowest BCUT2D eigenvalue weighted by molar-refractivity contribution is -0.143. The van der Waals surface area contributed by atoms with Gasteiger partial charge in [0.05, 0.1) is 30.6 Å². The Labute approximate surface area is 311 Å². The van der Waals surface area contributed by atoms with Crippen molar-refractivity contribution in [2.45, 2.75) is 128 Å². The fourth-order valence-corrected chi connectivity index (χ4v) is 8.17. The molecule has 3 amide bonds. The van der Waals surface area contributed by atoms with Crippen molar-refractivity contribution in [2.24, 2.45) is 23.2 Å². The van der Waals surface area contributed by atoms with Crippen molar-refractivity contribution in [3.8, 4) is 11.6 Å². The lowest BCUT2D eigenvalue weighted by atomic mass is 9.85. The minimum Gasteiger partial charge on any atom is -0.497 e. The van der Waals surface area contributed by atoms with Crippen molar-refractivity contribution in [1.29, 1.82) is 0 Å². The van der Waals surface area contributed by atoms with Gasteiger partial charge in [0.25, 0.3) is 5.92 Å². The molecule has 12 nitrogen and oxygen atoms in total. The van der Waals surface area contributed by atoms with Crippen molar-refractivity contribution in [3.63, 3.8) is 0 Å². The highest BCUT2D eigenvalue weighted by Gasteiger charge is 2.65. The summed E-state index contributed by atoms with van der Waals surface area (Å²) in [5.41, 5.74) is -3.93. The molecule has 2 bridgehead atoms. The lowest BCUT2D eigenvalue weighted by Gasteiger charge is -2.36. The number of Topliss-reactive ketones (excluding diaryl/α,β-unsaturated/α-hetero) is 1. The van der Waals surface area contributed by atoms with Crippen LogP contribution in [0.1, 0.15) is 92.2 Å². The number of aromatic nitrogens is 2. The zero-order valence-electron chi connectivity index (χ0n) is 31.6. The summed E-state index contributed by atoms with van der Waals surface area (Å²) in [6.07, 6.45) is -3.94. The van der Waals surface area contributed by atoms with Crippen LogP contribution in [-0.2, 0) is 25.0 Å². The van der Waals surface area contributed by atoms with Gasteiger partial charge in [-0.15, -0.1) is 0 Å². The van der Waals surface area contributed by atoms with Crippen LogP contribution in [0.5, 0.6) is 11.6 Å². The molecule has 2 aliphatic heterocycles. The van der Waals surface area contributed by atoms with Crippen LogP contribution in [0.4, 0.5) is 22.4 Å². The number of ketones is 1. The molecular formula is C38H49F4N5O7. The van der Waals surface area contributed by atoms with Gasteiger partial charge in [-0.05, 0) is 63.5 Å². The molecule has 2 saturated carbocycles. The smallest absolute Gasteiger partial charge is 0.408 e. The highest BCUT2D eigenvalue weighted by molar-refractivity contribution is 5.98. The van der Waals surface area contributed by atoms with Crippen LogP contribution >= 0.6 is 0 Å². The first-order valence-corrected chi connectivity index (χ1v) is 18.6. The number of fused-ring (bicyclic) bond motifs is 5. The van der Waals surface area contributed by atoms with E-state index in [2.05, 4.69) is 20.6 Å². The Morgan fingerprint density at radius 2 is 1.85 bits per heavy atom. The van der Waals surface area contributed by atoms with Gasteiger partial charge in [-0.2, -0.15) is 8.78 Å². The molecule has 2 aliphatic carbocycles. The number of carbonyl (C=O) groups is 4. The van der Waals surface area contributed by atoms with E-state index in [1.165, 1.54) is 24.1 Å². The number of rotatable bonds is 6. The van der Waals surface area contributed by atoms with Crippen LogP contribution in [0.15, 0.2) is 18.2 Å². The summed E-state index contributed by atoms with van der Waals surface area (Å²) in [5, 5.41) is 5.26. The molecule has 1 saturated heterocycles. The van der Waals surface area contributed by atoms with Gasteiger partial charge in [0.2, 0.25) is 24.1 Å². The fraction of sp³-hybridized carbons (Fsp3) is 0.684. The van der Waals surface area contributed by atoms with Gasteiger partial charge in [-0.1, -0.05) is 34.1 Å². The molecule has 8 atom stereocenters. The zero-order chi connectivity index (χ0) is 39.5. The van der Waals surface area contributed by atoms with Gasteiger partial charge in [-0.25, -0.2) is 23.5 Å². The summed E-state index contributed by atoms with van der Waals surface area (Å²) in [6.45, 7) is 9.41. The molecule has 0 spiro atoms. The van der Waals surface area contributed by atoms with Crippen LogP contribution in [0.2, 0.25) is 0 Å². The van der Waals surface area contributed by atoms with Gasteiger partial charge < -0.3 is 29.7 Å². The number of carbonyl (C=O) groups excluding carboxylic acids is 4. The highest BCUT2D eigenvalue weighted by Crippen LogP contribution is 2.51. The van der Waals surface area contributed by atoms with Crippen molar-refractivity contribution in [1.82, 2.24) is 25.5 Å². The second-order valence-corrected chi connectivity index (χ2v) is 16.6. The van der Waals surface area contributed by atoms with E-state index in [0.717, 1.165) is 6.92 Å². The first kappa shape index (κ1) is 39.5. The predicted octanol–water partition coefficient (Wildman–Crippen LogP) is 5.94. The molecule has 3 heterocycles. The third-order valence-corrected chi connectivity index (χ3v) is 11.7. The summed E-state index contributed by atoms with van der Waals surface area (Å²) in [7, 11) is 1.44. The Hall–Kier alpha value is -4.24. The van der Waals surface area contributed by atoms with Crippen LogP contribution in [-0.4, -0.2) is 88.0 Å². The number of nitrogens with zero attached hydrogens (tertiary/aromatic N) is 3. The minimum absolute atomic E-state index is 0.0697. The van der Waals surface area contributed by atoms with E-state index in [0.29, 0.717) is 25.0 Å². The summed E-state index contributed by atoms with van der Waals surface area (Å²) in [6, 6.07) is 1.95. The summed E-state index contributed by atoms with van der Waals surface area (Å²) in [5.74, 6) is -8.21. The second kappa shape index (κ2) is 14.1. The van der Waals surface area contributed by atoms with Crippen molar-refractivity contribution in [3.05, 3.63) is 23.9 Å². The number of benzene rings is 1. The third-order valence-electron chi connectivity index (χ3n) is 11.7. The molecule has 16 heteroatoms. The number of alkyl halides is 4. The number of halogens is 4. The molecule has 1 aromatic carbocycles. The normalized spacial score (nSPS) is 32.6. The Morgan fingerprint density at radius 1 is 1.13 bits per heavy atom. The number of amides is 3. The van der Waals surface area contributed by atoms with E-state index in [-0.39, 0.29) is 42.8 Å². The Bertz CT molecular complexity index is 1820. The van der Waals surface area contributed by atoms with Crippen molar-refractivity contribution < 1.29 is 51.0 Å². The van der Waals surface area contributed by atoms with E-state index in [4.69, 9.17) is 14.2 Å². The molecule has 2 aromatic rings. The average Bonchev–Trinajstić information content (AvgIpc) is 3.94. The Kier molecular flexibility index (Phi) is 10.3. The molecule has 3 fully saturated rings. The maximum Gasteiger partial charge on any atom is 0.408 e. The first-order valence-electron chi connectivity index (χ1n) is 18.6. The summed E-state index contributed by atoms with van der Waals surface area (Å²) >= 11 is 0. The van der Waals surface area contributed by atoms with E-state index >= 15 is 8.78 Å². The molecule has 0 unspecified atom stereocenters. The number of nitrogens with one attached hydrogen (secondary N) is 2. The topological polar surface area (TPSA) is 149 Å². The monoisotopic (exact) mass is 763 g/mol. The van der Waals surface area contributed by atoms with E-state index < -0.39 is 101 Å². The number of alkyl carbamates (subject to hydrolysis) is 1.